The predicted molar refractivity (Wildman–Crippen MR) is 157 cm³/mol. The maximum Gasteiger partial charge on any atom is 0.272 e. The summed E-state index contributed by atoms with van der Waals surface area (Å²) in [7, 11) is 0. The normalized spacial score (nSPS) is 11.0. The van der Waals surface area contributed by atoms with Crippen molar-refractivity contribution in [2.75, 3.05) is 16.4 Å². The molecule has 4 aromatic carbocycles. The topological polar surface area (TPSA) is 87.3 Å². The van der Waals surface area contributed by atoms with Crippen LogP contribution in [0.3, 0.4) is 0 Å². The number of hydrogen-bond acceptors (Lipinski definition) is 4. The Bertz CT molecular complexity index is 1510. The largest absolute Gasteiger partial charge is 0.323 e. The molecule has 0 saturated heterocycles. The molecule has 0 aliphatic heterocycles. The van der Waals surface area contributed by atoms with Gasteiger partial charge in [-0.2, -0.15) is 0 Å². The Morgan fingerprint density at radius 3 is 2.26 bits per heavy atom. The number of halogens is 2. The van der Waals surface area contributed by atoms with Gasteiger partial charge in [-0.25, -0.2) is 4.39 Å². The van der Waals surface area contributed by atoms with Crippen LogP contribution in [0.5, 0.6) is 0 Å². The number of carbonyl (C=O) groups is 3. The van der Waals surface area contributed by atoms with E-state index in [4.69, 9.17) is 0 Å². The molecule has 0 radical (unpaired) electrons. The molecule has 0 spiro atoms. The molecule has 4 rings (SSSR count). The number of amides is 3. The molecule has 0 aliphatic carbocycles. The van der Waals surface area contributed by atoms with Crippen LogP contribution in [-0.2, 0) is 9.59 Å². The molecule has 3 N–H and O–H groups in total. The zero-order valence-corrected chi connectivity index (χ0v) is 22.9. The first kappa shape index (κ1) is 27.8. The van der Waals surface area contributed by atoms with E-state index in [1.807, 2.05) is 24.3 Å². The first-order valence-corrected chi connectivity index (χ1v) is 13.6. The predicted octanol–water partition coefficient (Wildman–Crippen LogP) is 6.73. The monoisotopic (exact) mass is 603 g/mol. The fraction of sp³-hybridized carbons (Fsp3) is 0.0333. The average molecular weight is 605 g/mol. The molecular weight excluding hydrogens is 581 g/mol. The lowest BCUT2D eigenvalue weighted by molar-refractivity contribution is -0.114. The van der Waals surface area contributed by atoms with E-state index in [1.165, 1.54) is 23.9 Å². The summed E-state index contributed by atoms with van der Waals surface area (Å²) in [5, 5.41) is 8.06. The van der Waals surface area contributed by atoms with Crippen molar-refractivity contribution in [3.63, 3.8) is 0 Å². The smallest absolute Gasteiger partial charge is 0.272 e. The minimum atomic E-state index is -0.496. The first-order chi connectivity index (χ1) is 18.9. The quantitative estimate of drug-likeness (QED) is 0.146. The molecule has 0 unspecified atom stereocenters. The van der Waals surface area contributed by atoms with Crippen LogP contribution >= 0.6 is 27.7 Å². The molecule has 0 bridgehead atoms. The summed E-state index contributed by atoms with van der Waals surface area (Å²) in [4.78, 5) is 38.9. The Hall–Kier alpha value is -4.21. The van der Waals surface area contributed by atoms with Gasteiger partial charge in [-0.3, -0.25) is 14.4 Å². The summed E-state index contributed by atoms with van der Waals surface area (Å²) in [6.45, 7) is 0. The fourth-order valence-corrected chi connectivity index (χ4v) is 4.55. The molecule has 0 heterocycles. The van der Waals surface area contributed by atoms with Crippen LogP contribution in [0.15, 0.2) is 118 Å². The summed E-state index contributed by atoms with van der Waals surface area (Å²) < 4.78 is 14.6. The highest BCUT2D eigenvalue weighted by molar-refractivity contribution is 9.10. The van der Waals surface area contributed by atoms with E-state index in [1.54, 1.807) is 72.8 Å². The van der Waals surface area contributed by atoms with Gasteiger partial charge in [0.05, 0.1) is 11.4 Å². The van der Waals surface area contributed by atoms with Crippen molar-refractivity contribution >= 4 is 62.9 Å². The van der Waals surface area contributed by atoms with Crippen LogP contribution in [0.1, 0.15) is 15.9 Å². The second kappa shape index (κ2) is 13.5. The standard InChI is InChI=1S/C30H23BrFN3O3S/c31-22-10-6-7-20(17-22)18-27(35-29(37)21-8-2-1-3-9-21)30(38)33-23-13-15-24(16-14-23)39-19-28(36)34-26-12-5-4-11-25(26)32/h1-18H,19H2,(H,33,38)(H,34,36)(H,35,37)/b27-18-. The number of thioether (sulfide) groups is 1. The van der Waals surface area contributed by atoms with Crippen LogP contribution in [-0.4, -0.2) is 23.5 Å². The molecule has 4 aromatic rings. The van der Waals surface area contributed by atoms with Crippen molar-refractivity contribution in [1.29, 1.82) is 0 Å². The highest BCUT2D eigenvalue weighted by Crippen LogP contribution is 2.22. The third-order valence-electron chi connectivity index (χ3n) is 5.32. The summed E-state index contributed by atoms with van der Waals surface area (Å²) >= 11 is 4.69. The summed E-state index contributed by atoms with van der Waals surface area (Å²) in [5.41, 5.74) is 1.86. The van der Waals surface area contributed by atoms with E-state index in [-0.39, 0.29) is 23.0 Å². The minimum Gasteiger partial charge on any atom is -0.323 e. The Kier molecular flexibility index (Phi) is 9.66. The van der Waals surface area contributed by atoms with E-state index < -0.39 is 17.6 Å². The Labute approximate surface area is 237 Å². The molecule has 3 amide bonds. The number of benzene rings is 4. The number of anilines is 2. The number of rotatable bonds is 9. The maximum absolute atomic E-state index is 13.7. The molecular formula is C30H23BrFN3O3S. The lowest BCUT2D eigenvalue weighted by atomic mass is 10.1. The van der Waals surface area contributed by atoms with Gasteiger partial charge in [0.25, 0.3) is 11.8 Å². The maximum atomic E-state index is 13.7. The molecule has 0 atom stereocenters. The van der Waals surface area contributed by atoms with Crippen LogP contribution in [0.25, 0.3) is 6.08 Å². The number of carbonyl (C=O) groups excluding carboxylic acids is 3. The fourth-order valence-electron chi connectivity index (χ4n) is 3.44. The Balaban J connectivity index is 1.41. The van der Waals surface area contributed by atoms with Gasteiger partial charge in [-0.05, 0) is 72.3 Å². The zero-order valence-electron chi connectivity index (χ0n) is 20.5. The van der Waals surface area contributed by atoms with Crippen molar-refractivity contribution in [3.8, 4) is 0 Å². The van der Waals surface area contributed by atoms with E-state index in [0.717, 1.165) is 14.9 Å². The van der Waals surface area contributed by atoms with Gasteiger partial charge in [0.1, 0.15) is 11.5 Å². The second-order valence-corrected chi connectivity index (χ2v) is 10.2. The molecule has 9 heteroatoms. The van der Waals surface area contributed by atoms with Crippen molar-refractivity contribution in [2.24, 2.45) is 0 Å². The van der Waals surface area contributed by atoms with Gasteiger partial charge in [-0.15, -0.1) is 11.8 Å². The second-order valence-electron chi connectivity index (χ2n) is 8.23. The van der Waals surface area contributed by atoms with Crippen LogP contribution in [0, 0.1) is 5.82 Å². The third-order valence-corrected chi connectivity index (χ3v) is 6.82. The van der Waals surface area contributed by atoms with Crippen molar-refractivity contribution in [2.45, 2.75) is 4.90 Å². The first-order valence-electron chi connectivity index (χ1n) is 11.8. The Morgan fingerprint density at radius 2 is 1.54 bits per heavy atom. The molecule has 6 nitrogen and oxygen atoms in total. The summed E-state index contributed by atoms with van der Waals surface area (Å²) in [5.74, 6) is -1.65. The molecule has 0 fully saturated rings. The van der Waals surface area contributed by atoms with E-state index in [2.05, 4.69) is 31.9 Å². The minimum absolute atomic E-state index is 0.0743. The lowest BCUT2D eigenvalue weighted by Crippen LogP contribution is -2.30. The Morgan fingerprint density at radius 1 is 0.821 bits per heavy atom. The van der Waals surface area contributed by atoms with E-state index in [0.29, 0.717) is 11.3 Å². The van der Waals surface area contributed by atoms with Crippen LogP contribution in [0.2, 0.25) is 0 Å². The number of para-hydroxylation sites is 1. The number of hydrogen-bond donors (Lipinski definition) is 3. The van der Waals surface area contributed by atoms with E-state index in [9.17, 15) is 18.8 Å². The van der Waals surface area contributed by atoms with Gasteiger partial charge in [-0.1, -0.05) is 58.4 Å². The van der Waals surface area contributed by atoms with Crippen LogP contribution < -0.4 is 16.0 Å². The molecule has 0 aliphatic rings. The van der Waals surface area contributed by atoms with Crippen molar-refractivity contribution < 1.29 is 18.8 Å². The molecule has 0 saturated carbocycles. The van der Waals surface area contributed by atoms with Gasteiger partial charge in [0.2, 0.25) is 5.91 Å². The van der Waals surface area contributed by atoms with E-state index >= 15 is 0 Å². The van der Waals surface area contributed by atoms with Crippen molar-refractivity contribution in [3.05, 3.63) is 130 Å². The molecule has 39 heavy (non-hydrogen) atoms. The highest BCUT2D eigenvalue weighted by Gasteiger charge is 2.15. The van der Waals surface area contributed by atoms with Gasteiger partial charge in [0, 0.05) is 20.6 Å². The van der Waals surface area contributed by atoms with Gasteiger partial charge in [0.15, 0.2) is 0 Å². The zero-order chi connectivity index (χ0) is 27.6. The molecule has 0 aromatic heterocycles. The highest BCUT2D eigenvalue weighted by atomic mass is 79.9. The summed E-state index contributed by atoms with van der Waals surface area (Å²) in [6, 6.07) is 28.9. The van der Waals surface area contributed by atoms with Gasteiger partial charge < -0.3 is 16.0 Å². The molecule has 196 valence electrons. The summed E-state index contributed by atoms with van der Waals surface area (Å²) in [6.07, 6.45) is 1.60. The average Bonchev–Trinajstić information content (AvgIpc) is 2.94. The SMILES string of the molecule is O=C(CSc1ccc(NC(=O)/C(=C/c2cccc(Br)c2)NC(=O)c2ccccc2)cc1)Nc1ccccc1F. The van der Waals surface area contributed by atoms with Gasteiger partial charge >= 0.3 is 0 Å². The lowest BCUT2D eigenvalue weighted by Gasteiger charge is -2.12. The number of nitrogens with one attached hydrogen (secondary N) is 3. The van der Waals surface area contributed by atoms with Crippen LogP contribution in [0.4, 0.5) is 15.8 Å². The van der Waals surface area contributed by atoms with Crippen molar-refractivity contribution in [1.82, 2.24) is 5.32 Å². The third kappa shape index (κ3) is 8.39.